The van der Waals surface area contributed by atoms with Crippen molar-refractivity contribution < 1.29 is 0 Å². The topological polar surface area (TPSA) is 3.24 Å². The van der Waals surface area contributed by atoms with Gasteiger partial charge in [0, 0.05) is 10.5 Å². The normalized spacial score (nSPS) is 25.7. The Kier molecular flexibility index (Phi) is 3.03. The molecule has 0 unspecified atom stereocenters. The van der Waals surface area contributed by atoms with Crippen molar-refractivity contribution in [3.8, 4) is 0 Å². The Bertz CT molecular complexity index is 382. The molecule has 0 bridgehead atoms. The van der Waals surface area contributed by atoms with Gasteiger partial charge in [-0.15, -0.1) is 0 Å². The zero-order chi connectivity index (χ0) is 11.0. The molecule has 86 valence electrons. The van der Waals surface area contributed by atoms with Crippen LogP contribution in [0.5, 0.6) is 0 Å². The summed E-state index contributed by atoms with van der Waals surface area (Å²) >= 11 is 3.56. The van der Waals surface area contributed by atoms with Gasteiger partial charge in [0.15, 0.2) is 0 Å². The number of hydrogen-bond acceptors (Lipinski definition) is 1. The van der Waals surface area contributed by atoms with Gasteiger partial charge in [-0.3, -0.25) is 0 Å². The molecular formula is C14H18BrN. The van der Waals surface area contributed by atoms with E-state index in [9.17, 15) is 0 Å². The van der Waals surface area contributed by atoms with Crippen LogP contribution in [0, 0.1) is 0 Å². The first-order valence-corrected chi connectivity index (χ1v) is 7.13. The summed E-state index contributed by atoms with van der Waals surface area (Å²) in [5, 5.41) is 0. The largest absolute Gasteiger partial charge is 0.300 e. The Labute approximate surface area is 106 Å². The summed E-state index contributed by atoms with van der Waals surface area (Å²) in [6, 6.07) is 7.61. The number of fused-ring (bicyclic) bond motifs is 1. The molecule has 0 aromatic heterocycles. The summed E-state index contributed by atoms with van der Waals surface area (Å²) in [5.74, 6) is 0. The van der Waals surface area contributed by atoms with E-state index in [0.29, 0.717) is 0 Å². The minimum absolute atomic E-state index is 0.816. The standard InChI is InChI=1S/C14H18BrN/c15-13-5-3-12-10-14(6-4-11(12)9-13)16-7-1-2-8-16/h3,5,9,14H,1-2,4,6-8,10H2/t14-/m0/s1. The molecule has 1 nitrogen and oxygen atoms in total. The molecule has 2 heteroatoms. The number of halogens is 1. The monoisotopic (exact) mass is 279 g/mol. The molecule has 2 aliphatic rings. The summed E-state index contributed by atoms with van der Waals surface area (Å²) in [6.07, 6.45) is 6.69. The minimum atomic E-state index is 0.816. The van der Waals surface area contributed by atoms with Crippen molar-refractivity contribution in [2.75, 3.05) is 13.1 Å². The Balaban J connectivity index is 1.78. The van der Waals surface area contributed by atoms with Gasteiger partial charge in [0.1, 0.15) is 0 Å². The fraction of sp³-hybridized carbons (Fsp3) is 0.571. The zero-order valence-electron chi connectivity index (χ0n) is 9.58. The molecule has 0 radical (unpaired) electrons. The van der Waals surface area contributed by atoms with Gasteiger partial charge in [-0.25, -0.2) is 0 Å². The third-order valence-electron chi connectivity index (χ3n) is 4.03. The molecule has 1 saturated heterocycles. The lowest BCUT2D eigenvalue weighted by Crippen LogP contribution is -2.37. The molecule has 3 rings (SSSR count). The first-order valence-electron chi connectivity index (χ1n) is 6.34. The summed E-state index contributed by atoms with van der Waals surface area (Å²) in [6.45, 7) is 2.66. The van der Waals surface area contributed by atoms with Gasteiger partial charge >= 0.3 is 0 Å². The Morgan fingerprint density at radius 2 is 1.94 bits per heavy atom. The maximum atomic E-state index is 3.56. The van der Waals surface area contributed by atoms with Gasteiger partial charge in [-0.1, -0.05) is 22.0 Å². The van der Waals surface area contributed by atoms with Crippen molar-refractivity contribution in [3.63, 3.8) is 0 Å². The maximum Gasteiger partial charge on any atom is 0.0178 e. The second kappa shape index (κ2) is 4.50. The second-order valence-electron chi connectivity index (χ2n) is 5.05. The van der Waals surface area contributed by atoms with Crippen LogP contribution in [-0.4, -0.2) is 24.0 Å². The maximum absolute atomic E-state index is 3.56. The van der Waals surface area contributed by atoms with Crippen LogP contribution in [0.25, 0.3) is 0 Å². The predicted molar refractivity (Wildman–Crippen MR) is 70.8 cm³/mol. The molecule has 1 aromatic rings. The summed E-state index contributed by atoms with van der Waals surface area (Å²) in [7, 11) is 0. The summed E-state index contributed by atoms with van der Waals surface area (Å²) in [5.41, 5.74) is 3.14. The molecule has 0 spiro atoms. The van der Waals surface area contributed by atoms with E-state index in [2.05, 4.69) is 39.0 Å². The molecular weight excluding hydrogens is 262 g/mol. The van der Waals surface area contributed by atoms with Crippen molar-refractivity contribution in [1.82, 2.24) is 4.90 Å². The number of hydrogen-bond donors (Lipinski definition) is 0. The van der Waals surface area contributed by atoms with Gasteiger partial charge in [-0.2, -0.15) is 0 Å². The second-order valence-corrected chi connectivity index (χ2v) is 5.97. The molecule has 1 atom stereocenters. The van der Waals surface area contributed by atoms with Crippen LogP contribution in [0.1, 0.15) is 30.4 Å². The van der Waals surface area contributed by atoms with Crippen LogP contribution < -0.4 is 0 Å². The van der Waals surface area contributed by atoms with Crippen LogP contribution >= 0.6 is 15.9 Å². The van der Waals surface area contributed by atoms with Crippen LogP contribution in [0.3, 0.4) is 0 Å². The van der Waals surface area contributed by atoms with Crippen LogP contribution in [0.15, 0.2) is 22.7 Å². The van der Waals surface area contributed by atoms with Crippen molar-refractivity contribution in [2.24, 2.45) is 0 Å². The Hall–Kier alpha value is -0.340. The first kappa shape index (κ1) is 10.8. The van der Waals surface area contributed by atoms with Crippen LogP contribution in [0.4, 0.5) is 0 Å². The molecule has 1 aromatic carbocycles. The average molecular weight is 280 g/mol. The van der Waals surface area contributed by atoms with Crippen LogP contribution in [0.2, 0.25) is 0 Å². The van der Waals surface area contributed by atoms with Gasteiger partial charge in [-0.05, 0) is 68.5 Å². The van der Waals surface area contributed by atoms with Crippen LogP contribution in [-0.2, 0) is 12.8 Å². The number of nitrogens with zero attached hydrogens (tertiary/aromatic N) is 1. The van der Waals surface area contributed by atoms with E-state index >= 15 is 0 Å². The molecule has 1 heterocycles. The summed E-state index contributed by atoms with van der Waals surface area (Å²) in [4.78, 5) is 2.70. The van der Waals surface area contributed by atoms with E-state index in [-0.39, 0.29) is 0 Å². The number of benzene rings is 1. The average Bonchev–Trinajstić information content (AvgIpc) is 2.82. The highest BCUT2D eigenvalue weighted by Crippen LogP contribution is 2.28. The first-order chi connectivity index (χ1) is 7.83. The van der Waals surface area contributed by atoms with Crippen molar-refractivity contribution in [3.05, 3.63) is 33.8 Å². The predicted octanol–water partition coefficient (Wildman–Crippen LogP) is 3.40. The highest BCUT2D eigenvalue weighted by atomic mass is 79.9. The van der Waals surface area contributed by atoms with Crippen molar-refractivity contribution >= 4 is 15.9 Å². The molecule has 1 fully saturated rings. The Morgan fingerprint density at radius 3 is 2.75 bits per heavy atom. The van der Waals surface area contributed by atoms with Gasteiger partial charge in [0.05, 0.1) is 0 Å². The van der Waals surface area contributed by atoms with Gasteiger partial charge < -0.3 is 4.90 Å². The van der Waals surface area contributed by atoms with E-state index in [4.69, 9.17) is 0 Å². The lowest BCUT2D eigenvalue weighted by Gasteiger charge is -2.32. The number of likely N-dealkylation sites (tertiary alicyclic amines) is 1. The fourth-order valence-corrected chi connectivity index (χ4v) is 3.53. The highest BCUT2D eigenvalue weighted by molar-refractivity contribution is 9.10. The summed E-state index contributed by atoms with van der Waals surface area (Å²) < 4.78 is 1.23. The lowest BCUT2D eigenvalue weighted by molar-refractivity contribution is 0.222. The van der Waals surface area contributed by atoms with Gasteiger partial charge in [0.25, 0.3) is 0 Å². The molecule has 1 aliphatic carbocycles. The minimum Gasteiger partial charge on any atom is -0.300 e. The molecule has 0 saturated carbocycles. The van der Waals surface area contributed by atoms with E-state index < -0.39 is 0 Å². The van der Waals surface area contributed by atoms with E-state index in [1.807, 2.05) is 0 Å². The van der Waals surface area contributed by atoms with E-state index in [1.165, 1.54) is 49.7 Å². The lowest BCUT2D eigenvalue weighted by atomic mass is 9.88. The van der Waals surface area contributed by atoms with Crippen molar-refractivity contribution in [1.29, 1.82) is 0 Å². The van der Waals surface area contributed by atoms with Crippen molar-refractivity contribution in [2.45, 2.75) is 38.1 Å². The molecule has 16 heavy (non-hydrogen) atoms. The smallest absolute Gasteiger partial charge is 0.0178 e. The van der Waals surface area contributed by atoms with E-state index in [1.54, 1.807) is 11.1 Å². The SMILES string of the molecule is Brc1ccc2c(c1)CC[C@H](N1CCCC1)C2. The molecule has 1 aliphatic heterocycles. The zero-order valence-corrected chi connectivity index (χ0v) is 11.2. The Morgan fingerprint density at radius 1 is 1.12 bits per heavy atom. The molecule has 0 amide bonds. The third kappa shape index (κ3) is 2.05. The quantitative estimate of drug-likeness (QED) is 0.762. The third-order valence-corrected chi connectivity index (χ3v) is 4.52. The fourth-order valence-electron chi connectivity index (χ4n) is 3.12. The molecule has 0 N–H and O–H groups in total. The number of rotatable bonds is 1. The highest BCUT2D eigenvalue weighted by Gasteiger charge is 2.25. The number of aryl methyl sites for hydroxylation is 1. The van der Waals surface area contributed by atoms with E-state index in [0.717, 1.165) is 6.04 Å². The van der Waals surface area contributed by atoms with Gasteiger partial charge in [0.2, 0.25) is 0 Å².